The second-order valence-corrected chi connectivity index (χ2v) is 2.92. The largest absolute Gasteiger partial charge is 0.494 e. The molecule has 3 heteroatoms. The Labute approximate surface area is 84.7 Å². The Bertz CT molecular complexity index is 207. The van der Waals surface area contributed by atoms with Gasteiger partial charge in [0.2, 0.25) is 0 Å². The van der Waals surface area contributed by atoms with E-state index in [1.807, 2.05) is 6.92 Å². The van der Waals surface area contributed by atoms with Crippen LogP contribution in [0.5, 0.6) is 0 Å². The summed E-state index contributed by atoms with van der Waals surface area (Å²) in [6.45, 7) is 13.1. The van der Waals surface area contributed by atoms with Gasteiger partial charge < -0.3 is 9.47 Å². The van der Waals surface area contributed by atoms with Crippen molar-refractivity contribution in [1.29, 1.82) is 0 Å². The molecule has 0 aliphatic carbocycles. The normalized spacial score (nSPS) is 11.2. The third-order valence-electron chi connectivity index (χ3n) is 1.46. The van der Waals surface area contributed by atoms with Crippen LogP contribution in [-0.2, 0) is 14.3 Å². The van der Waals surface area contributed by atoms with Crippen LogP contribution < -0.4 is 0 Å². The fourth-order valence-electron chi connectivity index (χ4n) is 0.640. The maximum atomic E-state index is 10.7. The van der Waals surface area contributed by atoms with Crippen LogP contribution >= 0.6 is 0 Å². The minimum atomic E-state index is -0.417. The first-order chi connectivity index (χ1) is 6.60. The zero-order chi connectivity index (χ0) is 11.0. The third kappa shape index (κ3) is 6.06. The summed E-state index contributed by atoms with van der Waals surface area (Å²) in [5.74, 6) is 0.224. The summed E-state index contributed by atoms with van der Waals surface area (Å²) in [7, 11) is 0. The van der Waals surface area contributed by atoms with Crippen molar-refractivity contribution in [1.82, 2.24) is 0 Å². The number of carbonyl (C=O) groups is 1. The van der Waals surface area contributed by atoms with Crippen LogP contribution in [0, 0.1) is 5.92 Å². The van der Waals surface area contributed by atoms with Gasteiger partial charge in [-0.2, -0.15) is 0 Å². The summed E-state index contributed by atoms with van der Waals surface area (Å²) in [5.41, 5.74) is 0. The molecule has 0 heterocycles. The van der Waals surface area contributed by atoms with Crippen LogP contribution in [0.4, 0.5) is 0 Å². The van der Waals surface area contributed by atoms with Crippen LogP contribution in [0.2, 0.25) is 0 Å². The zero-order valence-corrected chi connectivity index (χ0v) is 8.49. The standard InChI is InChI=1S/C11H16O3/c1-5-10(4)13-7-9(3)8-14-11(12)6-2/h5-6,9H,1-2,4,7-8H2,3H3. The maximum Gasteiger partial charge on any atom is 0.330 e. The molecule has 0 aromatic rings. The highest BCUT2D eigenvalue weighted by molar-refractivity contribution is 5.81. The molecule has 14 heavy (non-hydrogen) atoms. The fourth-order valence-corrected chi connectivity index (χ4v) is 0.640. The molecule has 0 saturated heterocycles. The van der Waals surface area contributed by atoms with Crippen LogP contribution in [0.25, 0.3) is 0 Å². The third-order valence-corrected chi connectivity index (χ3v) is 1.46. The van der Waals surface area contributed by atoms with Crippen molar-refractivity contribution in [2.45, 2.75) is 6.92 Å². The minimum absolute atomic E-state index is 0.121. The highest BCUT2D eigenvalue weighted by Gasteiger charge is 2.05. The average Bonchev–Trinajstić information content (AvgIpc) is 2.22. The van der Waals surface area contributed by atoms with Gasteiger partial charge in [-0.1, -0.05) is 26.7 Å². The summed E-state index contributed by atoms with van der Waals surface area (Å²) in [4.78, 5) is 10.7. The molecule has 1 unspecified atom stereocenters. The smallest absolute Gasteiger partial charge is 0.330 e. The van der Waals surface area contributed by atoms with Crippen LogP contribution in [-0.4, -0.2) is 19.2 Å². The number of hydrogen-bond acceptors (Lipinski definition) is 3. The van der Waals surface area contributed by atoms with E-state index in [0.29, 0.717) is 19.0 Å². The molecule has 0 aliphatic rings. The molecule has 3 nitrogen and oxygen atoms in total. The molecule has 0 saturated carbocycles. The Morgan fingerprint density at radius 1 is 1.29 bits per heavy atom. The Morgan fingerprint density at radius 3 is 2.36 bits per heavy atom. The van der Waals surface area contributed by atoms with Gasteiger partial charge in [-0.25, -0.2) is 4.79 Å². The predicted octanol–water partition coefficient (Wildman–Crippen LogP) is 2.07. The molecule has 0 fully saturated rings. The fraction of sp³-hybridized carbons (Fsp3) is 0.364. The molecular formula is C11H16O3. The van der Waals surface area contributed by atoms with Crippen molar-refractivity contribution in [3.8, 4) is 0 Å². The van der Waals surface area contributed by atoms with Gasteiger partial charge >= 0.3 is 5.97 Å². The van der Waals surface area contributed by atoms with Crippen LogP contribution in [0.15, 0.2) is 37.6 Å². The first-order valence-corrected chi connectivity index (χ1v) is 4.33. The summed E-state index contributed by atoms with van der Waals surface area (Å²) >= 11 is 0. The van der Waals surface area contributed by atoms with Gasteiger partial charge in [-0.3, -0.25) is 0 Å². The Morgan fingerprint density at radius 2 is 1.86 bits per heavy atom. The van der Waals surface area contributed by atoms with E-state index >= 15 is 0 Å². The van der Waals surface area contributed by atoms with Gasteiger partial charge in [0.15, 0.2) is 0 Å². The highest BCUT2D eigenvalue weighted by Crippen LogP contribution is 2.02. The molecule has 0 bridgehead atoms. The monoisotopic (exact) mass is 196 g/mol. The lowest BCUT2D eigenvalue weighted by molar-refractivity contribution is -0.139. The minimum Gasteiger partial charge on any atom is -0.494 e. The SMILES string of the molecule is C=CC(=C)OCC(C)COC(=O)C=C. The second-order valence-electron chi connectivity index (χ2n) is 2.92. The molecular weight excluding hydrogens is 180 g/mol. The Kier molecular flexibility index (Phi) is 6.20. The molecule has 0 amide bonds. The van der Waals surface area contributed by atoms with Crippen molar-refractivity contribution < 1.29 is 14.3 Å². The number of esters is 1. The van der Waals surface area contributed by atoms with Crippen LogP contribution in [0.1, 0.15) is 6.92 Å². The van der Waals surface area contributed by atoms with Crippen molar-refractivity contribution in [3.05, 3.63) is 37.6 Å². The van der Waals surface area contributed by atoms with E-state index in [0.717, 1.165) is 6.08 Å². The van der Waals surface area contributed by atoms with Crippen LogP contribution in [0.3, 0.4) is 0 Å². The lowest BCUT2D eigenvalue weighted by atomic mass is 10.2. The molecule has 0 radical (unpaired) electrons. The maximum absolute atomic E-state index is 10.7. The quantitative estimate of drug-likeness (QED) is 0.270. The van der Waals surface area contributed by atoms with E-state index in [-0.39, 0.29) is 5.92 Å². The van der Waals surface area contributed by atoms with E-state index in [2.05, 4.69) is 19.7 Å². The topological polar surface area (TPSA) is 35.5 Å². The van der Waals surface area contributed by atoms with Gasteiger partial charge in [-0.15, -0.1) is 0 Å². The molecule has 0 aromatic carbocycles. The van der Waals surface area contributed by atoms with Crippen molar-refractivity contribution in [3.63, 3.8) is 0 Å². The van der Waals surface area contributed by atoms with Gasteiger partial charge in [0.1, 0.15) is 5.76 Å². The molecule has 0 spiro atoms. The van der Waals surface area contributed by atoms with Crippen molar-refractivity contribution in [2.24, 2.45) is 5.92 Å². The van der Waals surface area contributed by atoms with E-state index < -0.39 is 5.97 Å². The second kappa shape index (κ2) is 6.95. The van der Waals surface area contributed by atoms with E-state index in [1.165, 1.54) is 6.08 Å². The summed E-state index contributed by atoms with van der Waals surface area (Å²) in [6.07, 6.45) is 2.67. The number of ether oxygens (including phenoxy) is 2. The Hall–Kier alpha value is -1.51. The number of rotatable bonds is 7. The summed E-state index contributed by atoms with van der Waals surface area (Å²) in [5, 5.41) is 0. The first kappa shape index (κ1) is 12.5. The number of hydrogen-bond donors (Lipinski definition) is 0. The highest BCUT2D eigenvalue weighted by atomic mass is 16.5. The zero-order valence-electron chi connectivity index (χ0n) is 8.49. The lowest BCUT2D eigenvalue weighted by Crippen LogP contribution is -2.14. The first-order valence-electron chi connectivity index (χ1n) is 4.33. The number of allylic oxidation sites excluding steroid dienone is 1. The van der Waals surface area contributed by atoms with Gasteiger partial charge in [-0.05, 0) is 6.08 Å². The predicted molar refractivity (Wildman–Crippen MR) is 55.6 cm³/mol. The van der Waals surface area contributed by atoms with Crippen molar-refractivity contribution >= 4 is 5.97 Å². The molecule has 0 N–H and O–H groups in total. The summed E-state index contributed by atoms with van der Waals surface area (Å²) in [6, 6.07) is 0. The van der Waals surface area contributed by atoms with E-state index in [9.17, 15) is 4.79 Å². The lowest BCUT2D eigenvalue weighted by Gasteiger charge is -2.12. The molecule has 78 valence electrons. The van der Waals surface area contributed by atoms with E-state index in [1.54, 1.807) is 0 Å². The van der Waals surface area contributed by atoms with Crippen molar-refractivity contribution in [2.75, 3.05) is 13.2 Å². The molecule has 0 aromatic heterocycles. The van der Waals surface area contributed by atoms with Gasteiger partial charge in [0.05, 0.1) is 13.2 Å². The molecule has 0 aliphatic heterocycles. The van der Waals surface area contributed by atoms with Gasteiger partial charge in [0.25, 0.3) is 0 Å². The Balaban J connectivity index is 3.60. The summed E-state index contributed by atoms with van der Waals surface area (Å²) < 4.78 is 10.0. The molecule has 1 atom stereocenters. The van der Waals surface area contributed by atoms with Gasteiger partial charge in [0, 0.05) is 12.0 Å². The number of carbonyl (C=O) groups excluding carboxylic acids is 1. The molecule has 0 rings (SSSR count). The van der Waals surface area contributed by atoms with E-state index in [4.69, 9.17) is 9.47 Å². The average molecular weight is 196 g/mol.